The van der Waals surface area contributed by atoms with Gasteiger partial charge in [0.2, 0.25) is 0 Å². The molecule has 0 unspecified atom stereocenters. The van der Waals surface area contributed by atoms with Crippen LogP contribution in [0.4, 0.5) is 0 Å². The van der Waals surface area contributed by atoms with Crippen molar-refractivity contribution in [3.05, 3.63) is 47.4 Å². The van der Waals surface area contributed by atoms with Crippen LogP contribution in [0.5, 0.6) is 5.75 Å². The molecule has 1 aromatic rings. The lowest BCUT2D eigenvalue weighted by Gasteiger charge is -2.02. The van der Waals surface area contributed by atoms with E-state index in [9.17, 15) is 14.7 Å². The molecule has 2 rings (SSSR count). The predicted molar refractivity (Wildman–Crippen MR) is 68.7 cm³/mol. The van der Waals surface area contributed by atoms with Gasteiger partial charge in [0.25, 0.3) is 0 Å². The molecule has 1 heterocycles. The van der Waals surface area contributed by atoms with Gasteiger partial charge in [-0.15, -0.1) is 0 Å². The zero-order chi connectivity index (χ0) is 14.7. The molecule has 0 atom stereocenters. The lowest BCUT2D eigenvalue weighted by atomic mass is 10.1. The van der Waals surface area contributed by atoms with Gasteiger partial charge in [0, 0.05) is 0 Å². The Balaban J connectivity index is 2.40. The van der Waals surface area contributed by atoms with E-state index in [1.807, 2.05) is 0 Å². The zero-order valence-electron chi connectivity index (χ0n) is 10.9. The molecule has 0 radical (unpaired) electrons. The SMILES string of the molecule is COC(=O)/C=C1/OC(=O)C(c2ccc(OC)cc2)=C1O. The van der Waals surface area contributed by atoms with Crippen LogP contribution in [0.2, 0.25) is 0 Å². The monoisotopic (exact) mass is 276 g/mol. The van der Waals surface area contributed by atoms with E-state index >= 15 is 0 Å². The molecule has 1 aromatic carbocycles. The van der Waals surface area contributed by atoms with Gasteiger partial charge in [0.1, 0.15) is 11.3 Å². The molecular weight excluding hydrogens is 264 g/mol. The largest absolute Gasteiger partial charge is 0.504 e. The van der Waals surface area contributed by atoms with E-state index in [0.717, 1.165) is 6.08 Å². The summed E-state index contributed by atoms with van der Waals surface area (Å²) in [6.07, 6.45) is 0.907. The first-order chi connectivity index (χ1) is 9.56. The summed E-state index contributed by atoms with van der Waals surface area (Å²) < 4.78 is 14.3. The molecule has 1 N–H and O–H groups in total. The maximum atomic E-state index is 11.8. The van der Waals surface area contributed by atoms with E-state index in [1.54, 1.807) is 24.3 Å². The van der Waals surface area contributed by atoms with Gasteiger partial charge in [-0.3, -0.25) is 0 Å². The maximum absolute atomic E-state index is 11.8. The van der Waals surface area contributed by atoms with Gasteiger partial charge in [0.05, 0.1) is 20.3 Å². The van der Waals surface area contributed by atoms with Crippen molar-refractivity contribution in [2.24, 2.45) is 0 Å². The fourth-order valence-electron chi connectivity index (χ4n) is 1.70. The van der Waals surface area contributed by atoms with Crippen molar-refractivity contribution in [1.29, 1.82) is 0 Å². The van der Waals surface area contributed by atoms with Crippen molar-refractivity contribution in [3.8, 4) is 5.75 Å². The number of carbonyl (C=O) groups excluding carboxylic acids is 2. The molecule has 0 fully saturated rings. The van der Waals surface area contributed by atoms with Crippen LogP contribution in [-0.2, 0) is 19.1 Å². The first kappa shape index (κ1) is 13.7. The van der Waals surface area contributed by atoms with Gasteiger partial charge in [-0.25, -0.2) is 9.59 Å². The second-order valence-electron chi connectivity index (χ2n) is 3.87. The van der Waals surface area contributed by atoms with E-state index < -0.39 is 17.7 Å². The van der Waals surface area contributed by atoms with Crippen LogP contribution in [0.15, 0.2) is 41.9 Å². The average molecular weight is 276 g/mol. The lowest BCUT2D eigenvalue weighted by Crippen LogP contribution is -2.00. The van der Waals surface area contributed by atoms with Crippen LogP contribution in [0, 0.1) is 0 Å². The quantitative estimate of drug-likeness (QED) is 0.666. The molecule has 1 aliphatic heterocycles. The molecule has 6 heteroatoms. The molecule has 0 saturated heterocycles. The van der Waals surface area contributed by atoms with Gasteiger partial charge >= 0.3 is 11.9 Å². The van der Waals surface area contributed by atoms with Crippen molar-refractivity contribution in [2.75, 3.05) is 14.2 Å². The Hall–Kier alpha value is -2.76. The molecular formula is C14H12O6. The van der Waals surface area contributed by atoms with Gasteiger partial charge in [-0.2, -0.15) is 0 Å². The summed E-state index contributed by atoms with van der Waals surface area (Å²) in [5.41, 5.74) is 0.448. The third kappa shape index (κ3) is 2.49. The minimum atomic E-state index is -0.734. The Kier molecular flexibility index (Phi) is 3.74. The molecule has 0 aromatic heterocycles. The number of benzene rings is 1. The Labute approximate surface area is 114 Å². The summed E-state index contributed by atoms with van der Waals surface area (Å²) >= 11 is 0. The number of hydrogen-bond donors (Lipinski definition) is 1. The molecule has 104 valence electrons. The highest BCUT2D eigenvalue weighted by Gasteiger charge is 2.31. The number of rotatable bonds is 3. The Bertz CT molecular complexity index is 609. The summed E-state index contributed by atoms with van der Waals surface area (Å²) in [5.74, 6) is -1.47. The Morgan fingerprint density at radius 1 is 1.25 bits per heavy atom. The molecule has 0 spiro atoms. The van der Waals surface area contributed by atoms with Gasteiger partial charge in [-0.05, 0) is 17.7 Å². The standard InChI is InChI=1S/C14H12O6/c1-18-9-5-3-8(4-6-9)12-13(16)10(20-14(12)17)7-11(15)19-2/h3-7,16H,1-2H3/b10-7+. The van der Waals surface area contributed by atoms with Gasteiger partial charge in [-0.1, -0.05) is 12.1 Å². The molecule has 0 bridgehead atoms. The van der Waals surface area contributed by atoms with Gasteiger partial charge < -0.3 is 19.3 Å². The number of cyclic esters (lactones) is 1. The summed E-state index contributed by atoms with van der Waals surface area (Å²) in [6.45, 7) is 0. The zero-order valence-corrected chi connectivity index (χ0v) is 10.9. The number of esters is 2. The van der Waals surface area contributed by atoms with Crippen LogP contribution in [0.25, 0.3) is 5.57 Å². The smallest absolute Gasteiger partial charge is 0.348 e. The van der Waals surface area contributed by atoms with Crippen molar-refractivity contribution in [3.63, 3.8) is 0 Å². The van der Waals surface area contributed by atoms with Crippen LogP contribution in [0.3, 0.4) is 0 Å². The molecule has 0 amide bonds. The molecule has 1 aliphatic rings. The van der Waals surface area contributed by atoms with Crippen LogP contribution in [-0.4, -0.2) is 31.3 Å². The highest BCUT2D eigenvalue weighted by atomic mass is 16.6. The lowest BCUT2D eigenvalue weighted by molar-refractivity contribution is -0.135. The van der Waals surface area contributed by atoms with E-state index in [-0.39, 0.29) is 11.3 Å². The second kappa shape index (κ2) is 5.48. The number of aliphatic hydroxyl groups excluding tert-OH is 1. The van der Waals surface area contributed by atoms with E-state index in [4.69, 9.17) is 9.47 Å². The Morgan fingerprint density at radius 3 is 2.45 bits per heavy atom. The Morgan fingerprint density at radius 2 is 1.90 bits per heavy atom. The second-order valence-corrected chi connectivity index (χ2v) is 3.87. The molecule has 0 aliphatic carbocycles. The first-order valence-corrected chi connectivity index (χ1v) is 5.66. The average Bonchev–Trinajstić information content (AvgIpc) is 2.73. The summed E-state index contributed by atoms with van der Waals surface area (Å²) in [7, 11) is 2.70. The number of hydrogen-bond acceptors (Lipinski definition) is 6. The van der Waals surface area contributed by atoms with Crippen molar-refractivity contribution >= 4 is 17.5 Å². The van der Waals surface area contributed by atoms with Crippen LogP contribution >= 0.6 is 0 Å². The molecule has 6 nitrogen and oxygen atoms in total. The van der Waals surface area contributed by atoms with E-state index in [1.165, 1.54) is 14.2 Å². The number of carbonyl (C=O) groups is 2. The number of ether oxygens (including phenoxy) is 3. The maximum Gasteiger partial charge on any atom is 0.348 e. The summed E-state index contributed by atoms with van der Waals surface area (Å²) in [4.78, 5) is 22.9. The number of methoxy groups -OCH3 is 2. The van der Waals surface area contributed by atoms with Crippen LogP contribution < -0.4 is 4.74 Å². The van der Waals surface area contributed by atoms with Crippen molar-refractivity contribution in [2.45, 2.75) is 0 Å². The van der Waals surface area contributed by atoms with Gasteiger partial charge in [0.15, 0.2) is 11.5 Å². The van der Waals surface area contributed by atoms with E-state index in [2.05, 4.69) is 4.74 Å². The fourth-order valence-corrected chi connectivity index (χ4v) is 1.70. The highest BCUT2D eigenvalue weighted by Crippen LogP contribution is 2.32. The molecule has 0 saturated carbocycles. The normalized spacial score (nSPS) is 16.3. The highest BCUT2D eigenvalue weighted by molar-refractivity contribution is 6.20. The topological polar surface area (TPSA) is 82.1 Å². The van der Waals surface area contributed by atoms with E-state index in [0.29, 0.717) is 11.3 Å². The fraction of sp³-hybridized carbons (Fsp3) is 0.143. The number of aliphatic hydroxyl groups is 1. The third-order valence-electron chi connectivity index (χ3n) is 2.71. The minimum Gasteiger partial charge on any atom is -0.504 e. The first-order valence-electron chi connectivity index (χ1n) is 5.66. The van der Waals surface area contributed by atoms with Crippen LogP contribution in [0.1, 0.15) is 5.56 Å². The molecule has 20 heavy (non-hydrogen) atoms. The van der Waals surface area contributed by atoms with Crippen molar-refractivity contribution in [1.82, 2.24) is 0 Å². The predicted octanol–water partition coefficient (Wildman–Crippen LogP) is 1.58. The summed E-state index contributed by atoms with van der Waals surface area (Å²) in [5, 5.41) is 9.97. The van der Waals surface area contributed by atoms with Crippen molar-refractivity contribution < 1.29 is 28.9 Å². The minimum absolute atomic E-state index is 0.0113. The third-order valence-corrected chi connectivity index (χ3v) is 2.71. The summed E-state index contributed by atoms with van der Waals surface area (Å²) in [6, 6.07) is 6.50.